The number of rotatable bonds is 1. The number of benzene rings is 4. The second-order valence-electron chi connectivity index (χ2n) is 8.38. The Bertz CT molecular complexity index is 1690. The van der Waals surface area contributed by atoms with Crippen LogP contribution in [-0.4, -0.2) is 22.2 Å². The van der Waals surface area contributed by atoms with E-state index >= 15 is 0 Å². The molecule has 3 nitrogen and oxygen atoms in total. The first-order valence-corrected chi connectivity index (χ1v) is 11.0. The monoisotopic (exact) mass is 407 g/mol. The van der Waals surface area contributed by atoms with E-state index < -0.39 is 0 Å². The highest BCUT2D eigenvalue weighted by Gasteiger charge is 2.22. The topological polar surface area (TPSA) is 30.2 Å². The summed E-state index contributed by atoms with van der Waals surface area (Å²) in [4.78, 5) is 10.3. The Morgan fingerprint density at radius 1 is 0.719 bits per heavy atom. The molecule has 0 bridgehead atoms. The number of aryl methyl sites for hydroxylation is 1. The van der Waals surface area contributed by atoms with E-state index in [0.717, 1.165) is 73.5 Å². The van der Waals surface area contributed by atoms with Gasteiger partial charge in [0, 0.05) is 10.9 Å². The molecule has 0 spiro atoms. The molecule has 7 rings (SSSR count). The Morgan fingerprint density at radius 3 is 2.06 bits per heavy atom. The van der Waals surface area contributed by atoms with Crippen molar-refractivity contribution in [1.29, 1.82) is 0 Å². The van der Waals surface area contributed by atoms with Gasteiger partial charge in [-0.15, -0.1) is 0 Å². The number of allylic oxidation sites excluding steroid dienone is 1. The van der Waals surface area contributed by atoms with Gasteiger partial charge in [0.15, 0.2) is 0 Å². The van der Waals surface area contributed by atoms with Gasteiger partial charge >= 0.3 is 0 Å². The molecule has 1 aliphatic rings. The van der Waals surface area contributed by atoms with Crippen molar-refractivity contribution in [3.63, 3.8) is 0 Å². The fourth-order valence-electron chi connectivity index (χ4n) is 5.16. The van der Waals surface area contributed by atoms with Crippen molar-refractivity contribution in [3.05, 3.63) is 90.3 Å². The molecule has 0 fully saturated rings. The predicted octanol–water partition coefficient (Wildman–Crippen LogP) is 5.61. The molecule has 2 radical (unpaired) electrons. The van der Waals surface area contributed by atoms with Crippen LogP contribution in [0.4, 0.5) is 0 Å². The third-order valence-corrected chi connectivity index (χ3v) is 6.61. The van der Waals surface area contributed by atoms with Crippen molar-refractivity contribution >= 4 is 57.5 Å². The lowest BCUT2D eigenvalue weighted by Crippen LogP contribution is -2.09. The van der Waals surface area contributed by atoms with Crippen molar-refractivity contribution in [3.8, 4) is 11.4 Å². The summed E-state index contributed by atoms with van der Waals surface area (Å²) in [5.41, 5.74) is 6.10. The zero-order chi connectivity index (χ0) is 21.2. The Morgan fingerprint density at radius 2 is 1.34 bits per heavy atom. The number of hydrogen-bond donors (Lipinski definition) is 0. The Balaban J connectivity index is 1.77. The van der Waals surface area contributed by atoms with Crippen molar-refractivity contribution in [2.24, 2.45) is 0 Å². The molecule has 4 aromatic carbocycles. The lowest BCUT2D eigenvalue weighted by atomic mass is 9.82. The Hall–Kier alpha value is -3.92. The molecular weight excluding hydrogens is 389 g/mol. The fourth-order valence-corrected chi connectivity index (χ4v) is 5.16. The predicted molar refractivity (Wildman–Crippen MR) is 134 cm³/mol. The van der Waals surface area contributed by atoms with Crippen LogP contribution in [0.5, 0.6) is 0 Å². The highest BCUT2D eigenvalue weighted by Crippen LogP contribution is 2.37. The molecule has 0 saturated carbocycles. The molecule has 0 aliphatic heterocycles. The summed E-state index contributed by atoms with van der Waals surface area (Å²) in [5, 5.41) is 5.41. The van der Waals surface area contributed by atoms with Crippen LogP contribution < -0.4 is 5.46 Å². The third-order valence-electron chi connectivity index (χ3n) is 6.61. The summed E-state index contributed by atoms with van der Waals surface area (Å²) in [6.07, 6.45) is 6.31. The summed E-state index contributed by atoms with van der Waals surface area (Å²) >= 11 is 0. The molecule has 0 saturated heterocycles. The fraction of sp³-hybridized carbons (Fsp3) is 0.0714. The van der Waals surface area contributed by atoms with E-state index in [4.69, 9.17) is 17.8 Å². The quantitative estimate of drug-likeness (QED) is 0.262. The number of fused-ring (bicyclic) bond motifs is 7. The summed E-state index contributed by atoms with van der Waals surface area (Å²) in [6, 6.07) is 25.0. The number of aromatic nitrogens is 3. The Labute approximate surface area is 186 Å². The SMILES string of the molecule is [B]c1c2ccccc2c(-c2nc3ccccc3c3nc4c(n23)CCC=C4)c2ccccc12. The van der Waals surface area contributed by atoms with Gasteiger partial charge in [-0.3, -0.25) is 4.40 Å². The van der Waals surface area contributed by atoms with E-state index in [2.05, 4.69) is 71.2 Å². The number of hydrogen-bond acceptors (Lipinski definition) is 2. The minimum Gasteiger partial charge on any atom is -0.280 e. The maximum atomic E-state index is 6.65. The second kappa shape index (κ2) is 6.54. The average Bonchev–Trinajstić information content (AvgIpc) is 3.24. The van der Waals surface area contributed by atoms with Gasteiger partial charge in [0.05, 0.1) is 16.9 Å². The van der Waals surface area contributed by atoms with Crippen LogP contribution in [0, 0.1) is 0 Å². The van der Waals surface area contributed by atoms with E-state index in [1.165, 1.54) is 5.69 Å². The van der Waals surface area contributed by atoms with Crippen molar-refractivity contribution in [2.75, 3.05) is 0 Å². The molecule has 0 amide bonds. The van der Waals surface area contributed by atoms with E-state index in [-0.39, 0.29) is 0 Å². The summed E-state index contributed by atoms with van der Waals surface area (Å²) < 4.78 is 2.28. The van der Waals surface area contributed by atoms with Crippen LogP contribution in [0.25, 0.3) is 55.6 Å². The molecule has 148 valence electrons. The minimum absolute atomic E-state index is 0.813. The second-order valence-corrected chi connectivity index (χ2v) is 8.38. The number of imidazole rings is 1. The van der Waals surface area contributed by atoms with Crippen LogP contribution in [0.1, 0.15) is 17.8 Å². The largest absolute Gasteiger partial charge is 0.280 e. The van der Waals surface area contributed by atoms with Gasteiger partial charge in [-0.2, -0.15) is 0 Å². The van der Waals surface area contributed by atoms with Crippen LogP contribution in [0.2, 0.25) is 0 Å². The number of nitrogens with zero attached hydrogens (tertiary/aromatic N) is 3. The summed E-state index contributed by atoms with van der Waals surface area (Å²) in [7, 11) is 6.65. The summed E-state index contributed by atoms with van der Waals surface area (Å²) in [6.45, 7) is 0. The molecule has 0 unspecified atom stereocenters. The van der Waals surface area contributed by atoms with Gasteiger partial charge in [0.25, 0.3) is 0 Å². The molecule has 0 atom stereocenters. The first-order chi connectivity index (χ1) is 15.8. The molecular formula is C28H18BN3. The summed E-state index contributed by atoms with van der Waals surface area (Å²) in [5.74, 6) is 0.926. The van der Waals surface area contributed by atoms with Crippen molar-refractivity contribution in [2.45, 2.75) is 12.8 Å². The third kappa shape index (κ3) is 2.32. The van der Waals surface area contributed by atoms with Crippen molar-refractivity contribution < 1.29 is 0 Å². The average molecular weight is 407 g/mol. The van der Waals surface area contributed by atoms with E-state index in [1.807, 2.05) is 18.2 Å². The van der Waals surface area contributed by atoms with Gasteiger partial charge in [0.2, 0.25) is 0 Å². The number of para-hydroxylation sites is 1. The maximum absolute atomic E-state index is 6.65. The van der Waals surface area contributed by atoms with Gasteiger partial charge in [-0.25, -0.2) is 9.97 Å². The minimum atomic E-state index is 0.813. The zero-order valence-electron chi connectivity index (χ0n) is 17.4. The first kappa shape index (κ1) is 17.7. The van der Waals surface area contributed by atoms with E-state index in [1.54, 1.807) is 0 Å². The van der Waals surface area contributed by atoms with Gasteiger partial charge in [-0.1, -0.05) is 72.2 Å². The molecule has 2 heterocycles. The van der Waals surface area contributed by atoms with Crippen LogP contribution in [0.3, 0.4) is 0 Å². The van der Waals surface area contributed by atoms with Gasteiger partial charge < -0.3 is 0 Å². The molecule has 0 N–H and O–H groups in total. The van der Waals surface area contributed by atoms with Crippen LogP contribution in [-0.2, 0) is 6.42 Å². The van der Waals surface area contributed by atoms with Crippen molar-refractivity contribution in [1.82, 2.24) is 14.4 Å². The maximum Gasteiger partial charge on any atom is 0.148 e. The lowest BCUT2D eigenvalue weighted by Gasteiger charge is -2.18. The van der Waals surface area contributed by atoms with E-state index in [0.29, 0.717) is 0 Å². The van der Waals surface area contributed by atoms with Crippen LogP contribution >= 0.6 is 0 Å². The molecule has 1 aliphatic carbocycles. The molecule has 6 aromatic rings. The lowest BCUT2D eigenvalue weighted by molar-refractivity contribution is 0.904. The van der Waals surface area contributed by atoms with Gasteiger partial charge in [-0.05, 0) is 52.6 Å². The molecule has 4 heteroatoms. The standard InChI is InChI=1S/C28H18BN3/c29-26-19-11-3-1-9-17(19)25(18-10-2-4-12-20(18)26)28-30-22-14-6-5-13-21(22)27-31-23-15-7-8-16-24(23)32(27)28/h1-7,9-15H,8,16H2. The Kier molecular flexibility index (Phi) is 3.62. The molecule has 32 heavy (non-hydrogen) atoms. The first-order valence-electron chi connectivity index (χ1n) is 11.0. The molecule has 2 aromatic heterocycles. The van der Waals surface area contributed by atoms with E-state index in [9.17, 15) is 0 Å². The smallest absolute Gasteiger partial charge is 0.148 e. The van der Waals surface area contributed by atoms with Crippen LogP contribution in [0.15, 0.2) is 78.9 Å². The zero-order valence-corrected chi connectivity index (χ0v) is 17.4. The highest BCUT2D eigenvalue weighted by molar-refractivity contribution is 6.46. The van der Waals surface area contributed by atoms with Gasteiger partial charge in [0.1, 0.15) is 19.3 Å². The highest BCUT2D eigenvalue weighted by atomic mass is 15.1. The normalized spacial score (nSPS) is 13.4.